The minimum Gasteiger partial charge on any atom is -0.310 e. The molecule has 1 fully saturated rings. The summed E-state index contributed by atoms with van der Waals surface area (Å²) in [6.45, 7) is 8.36. The standard InChI is InChI=1S/C14H24N2O2S2/c1-4-12-5-6-16(9-12)20(17,18)14-7-13(10-19-14)8-15-11(2)3/h7,10-12,15H,4-6,8-9H2,1-3H3. The summed E-state index contributed by atoms with van der Waals surface area (Å²) in [5.41, 5.74) is 1.05. The molecule has 114 valence electrons. The van der Waals surface area contributed by atoms with E-state index in [-0.39, 0.29) is 0 Å². The second-order valence-corrected chi connectivity index (χ2v) is 8.81. The summed E-state index contributed by atoms with van der Waals surface area (Å²) >= 11 is 1.33. The van der Waals surface area contributed by atoms with Crippen LogP contribution in [0.4, 0.5) is 0 Å². The van der Waals surface area contributed by atoms with E-state index in [1.54, 1.807) is 4.31 Å². The van der Waals surface area contributed by atoms with Crippen molar-refractivity contribution >= 4 is 21.4 Å². The van der Waals surface area contributed by atoms with Gasteiger partial charge >= 0.3 is 0 Å². The molecule has 2 rings (SSSR count). The van der Waals surface area contributed by atoms with Crippen molar-refractivity contribution in [2.75, 3.05) is 13.1 Å². The molecule has 2 heterocycles. The highest BCUT2D eigenvalue weighted by molar-refractivity contribution is 7.91. The molecule has 1 N–H and O–H groups in total. The van der Waals surface area contributed by atoms with Gasteiger partial charge in [-0.3, -0.25) is 0 Å². The topological polar surface area (TPSA) is 49.4 Å². The van der Waals surface area contributed by atoms with Crippen LogP contribution in [0, 0.1) is 5.92 Å². The Morgan fingerprint density at radius 1 is 1.50 bits per heavy atom. The van der Waals surface area contributed by atoms with Crippen LogP contribution in [0.5, 0.6) is 0 Å². The zero-order valence-corrected chi connectivity index (χ0v) is 14.1. The molecule has 1 aliphatic rings. The SMILES string of the molecule is CCC1CCN(S(=O)(=O)c2cc(CNC(C)C)cs2)C1. The second kappa shape index (κ2) is 6.56. The maximum Gasteiger partial charge on any atom is 0.252 e. The maximum absolute atomic E-state index is 12.6. The van der Waals surface area contributed by atoms with Crippen molar-refractivity contribution in [3.05, 3.63) is 17.0 Å². The predicted molar refractivity (Wildman–Crippen MR) is 83.5 cm³/mol. The van der Waals surface area contributed by atoms with Crippen LogP contribution >= 0.6 is 11.3 Å². The molecule has 1 aromatic rings. The lowest BCUT2D eigenvalue weighted by atomic mass is 10.1. The van der Waals surface area contributed by atoms with Gasteiger partial charge in [0.05, 0.1) is 0 Å². The zero-order chi connectivity index (χ0) is 14.8. The Hall–Kier alpha value is -0.430. The first kappa shape index (κ1) is 15.9. The quantitative estimate of drug-likeness (QED) is 0.878. The van der Waals surface area contributed by atoms with E-state index in [4.69, 9.17) is 0 Å². The second-order valence-electron chi connectivity index (χ2n) is 5.74. The van der Waals surface area contributed by atoms with Crippen molar-refractivity contribution in [2.24, 2.45) is 5.92 Å². The zero-order valence-electron chi connectivity index (χ0n) is 12.4. The van der Waals surface area contributed by atoms with Gasteiger partial charge in [0.15, 0.2) is 0 Å². The van der Waals surface area contributed by atoms with Gasteiger partial charge in [-0.25, -0.2) is 8.42 Å². The summed E-state index contributed by atoms with van der Waals surface area (Å²) in [6.07, 6.45) is 2.04. The maximum atomic E-state index is 12.6. The summed E-state index contributed by atoms with van der Waals surface area (Å²) < 4.78 is 27.3. The van der Waals surface area contributed by atoms with Gasteiger partial charge in [-0.1, -0.05) is 27.2 Å². The van der Waals surface area contributed by atoms with Crippen LogP contribution in [0.2, 0.25) is 0 Å². The van der Waals surface area contributed by atoms with E-state index in [0.29, 0.717) is 29.3 Å². The van der Waals surface area contributed by atoms with Gasteiger partial charge in [-0.15, -0.1) is 11.3 Å². The minimum absolute atomic E-state index is 0.402. The van der Waals surface area contributed by atoms with Crippen molar-refractivity contribution in [3.63, 3.8) is 0 Å². The molecule has 0 radical (unpaired) electrons. The fourth-order valence-electron chi connectivity index (χ4n) is 2.38. The van der Waals surface area contributed by atoms with E-state index in [1.807, 2.05) is 11.4 Å². The van der Waals surface area contributed by atoms with E-state index < -0.39 is 10.0 Å². The summed E-state index contributed by atoms with van der Waals surface area (Å²) in [5.74, 6) is 0.520. The molecule has 1 aromatic heterocycles. The molecule has 1 saturated heterocycles. The number of rotatable bonds is 6. The Labute approximate surface area is 126 Å². The molecule has 0 aromatic carbocycles. The first-order valence-corrected chi connectivity index (χ1v) is 9.56. The normalized spacial score (nSPS) is 20.9. The predicted octanol–water partition coefficient (Wildman–Crippen LogP) is 2.67. The van der Waals surface area contributed by atoms with E-state index in [1.165, 1.54) is 11.3 Å². The number of sulfonamides is 1. The molecule has 0 amide bonds. The van der Waals surface area contributed by atoms with E-state index in [2.05, 4.69) is 26.1 Å². The number of hydrogen-bond donors (Lipinski definition) is 1. The molecule has 1 aliphatic heterocycles. The average Bonchev–Trinajstić information content (AvgIpc) is 3.05. The monoisotopic (exact) mass is 316 g/mol. The molecule has 4 nitrogen and oxygen atoms in total. The Kier molecular flexibility index (Phi) is 5.23. The Morgan fingerprint density at radius 3 is 2.85 bits per heavy atom. The third kappa shape index (κ3) is 3.61. The van der Waals surface area contributed by atoms with Crippen LogP contribution in [0.25, 0.3) is 0 Å². The molecule has 1 atom stereocenters. The van der Waals surface area contributed by atoms with Gasteiger partial charge in [0.2, 0.25) is 0 Å². The van der Waals surface area contributed by atoms with E-state index in [9.17, 15) is 8.42 Å². The highest BCUT2D eigenvalue weighted by atomic mass is 32.2. The lowest BCUT2D eigenvalue weighted by Crippen LogP contribution is -2.28. The molecule has 6 heteroatoms. The summed E-state index contributed by atoms with van der Waals surface area (Å²) in [7, 11) is -3.28. The van der Waals surface area contributed by atoms with Crippen molar-refractivity contribution in [3.8, 4) is 0 Å². The van der Waals surface area contributed by atoms with E-state index >= 15 is 0 Å². The van der Waals surface area contributed by atoms with Crippen molar-refractivity contribution in [1.29, 1.82) is 0 Å². The number of hydrogen-bond acceptors (Lipinski definition) is 4. The lowest BCUT2D eigenvalue weighted by molar-refractivity contribution is 0.454. The largest absolute Gasteiger partial charge is 0.310 e. The molecule has 0 aliphatic carbocycles. The van der Waals surface area contributed by atoms with Crippen LogP contribution < -0.4 is 5.32 Å². The summed E-state index contributed by atoms with van der Waals surface area (Å²) in [4.78, 5) is 0. The van der Waals surface area contributed by atoms with Crippen molar-refractivity contribution < 1.29 is 8.42 Å². The third-order valence-corrected chi connectivity index (χ3v) is 7.09. The summed E-state index contributed by atoms with van der Waals surface area (Å²) in [5, 5.41) is 5.25. The number of nitrogens with zero attached hydrogens (tertiary/aromatic N) is 1. The van der Waals surface area contributed by atoms with Crippen LogP contribution in [0.1, 0.15) is 39.2 Å². The Bertz CT molecular complexity index is 537. The van der Waals surface area contributed by atoms with Crippen molar-refractivity contribution in [1.82, 2.24) is 9.62 Å². The highest BCUT2D eigenvalue weighted by Gasteiger charge is 2.32. The molecule has 1 unspecified atom stereocenters. The minimum atomic E-state index is -3.28. The first-order valence-electron chi connectivity index (χ1n) is 7.24. The van der Waals surface area contributed by atoms with Crippen LogP contribution in [0.3, 0.4) is 0 Å². The molecular weight excluding hydrogens is 292 g/mol. The molecular formula is C14H24N2O2S2. The third-order valence-electron chi connectivity index (χ3n) is 3.76. The molecule has 0 bridgehead atoms. The van der Waals surface area contributed by atoms with Gasteiger partial charge in [-0.2, -0.15) is 4.31 Å². The van der Waals surface area contributed by atoms with Crippen molar-refractivity contribution in [2.45, 2.75) is 50.4 Å². The molecule has 0 spiro atoms. The van der Waals surface area contributed by atoms with Gasteiger partial charge in [0.1, 0.15) is 4.21 Å². The number of thiophene rings is 1. The molecule has 0 saturated carbocycles. The molecule has 20 heavy (non-hydrogen) atoms. The smallest absolute Gasteiger partial charge is 0.252 e. The Morgan fingerprint density at radius 2 is 2.25 bits per heavy atom. The van der Waals surface area contributed by atoms with Crippen LogP contribution in [0.15, 0.2) is 15.7 Å². The fraction of sp³-hybridized carbons (Fsp3) is 0.714. The first-order chi connectivity index (χ1) is 9.43. The lowest BCUT2D eigenvalue weighted by Gasteiger charge is -2.14. The Balaban J connectivity index is 2.06. The average molecular weight is 316 g/mol. The van der Waals surface area contributed by atoms with Gasteiger partial charge < -0.3 is 5.32 Å². The van der Waals surface area contributed by atoms with Gasteiger partial charge in [0.25, 0.3) is 10.0 Å². The summed E-state index contributed by atoms with van der Waals surface area (Å²) in [6, 6.07) is 2.22. The van der Waals surface area contributed by atoms with Crippen LogP contribution in [-0.4, -0.2) is 31.9 Å². The van der Waals surface area contributed by atoms with E-state index in [0.717, 1.165) is 24.9 Å². The van der Waals surface area contributed by atoms with Gasteiger partial charge in [0, 0.05) is 25.7 Å². The number of nitrogens with one attached hydrogen (secondary N) is 1. The van der Waals surface area contributed by atoms with Crippen LogP contribution in [-0.2, 0) is 16.6 Å². The van der Waals surface area contributed by atoms with Gasteiger partial charge in [-0.05, 0) is 29.3 Å². The fourth-order valence-corrected chi connectivity index (χ4v) is 5.27. The highest BCUT2D eigenvalue weighted by Crippen LogP contribution is 2.29.